The molecular weight excluding hydrogens is 643 g/mol. The predicted octanol–water partition coefficient (Wildman–Crippen LogP) is 4.55. The Hall–Kier alpha value is -4.13. The van der Waals surface area contributed by atoms with Crippen molar-refractivity contribution >= 4 is 57.3 Å². The van der Waals surface area contributed by atoms with Crippen LogP contribution in [0.2, 0.25) is 0 Å². The molecule has 0 bridgehead atoms. The molecule has 1 fully saturated rings. The number of phenols is 1. The van der Waals surface area contributed by atoms with Crippen molar-refractivity contribution in [2.75, 3.05) is 12.0 Å². The fourth-order valence-electron chi connectivity index (χ4n) is 6.66. The number of amides is 2. The highest BCUT2D eigenvalue weighted by atomic mass is 127. The molecular formula is C30H23IN2O8. The molecule has 0 radical (unpaired) electrons. The number of aromatic hydroxyl groups is 1. The first-order chi connectivity index (χ1) is 19.5. The summed E-state index contributed by atoms with van der Waals surface area (Å²) >= 11 is 1.97. The van der Waals surface area contributed by atoms with Crippen molar-refractivity contribution in [1.82, 2.24) is 0 Å². The predicted molar refractivity (Wildman–Crippen MR) is 154 cm³/mol. The highest BCUT2D eigenvalue weighted by Gasteiger charge is 2.56. The van der Waals surface area contributed by atoms with E-state index in [1.807, 2.05) is 28.7 Å². The molecule has 2 amide bonds. The first-order valence-electron chi connectivity index (χ1n) is 12.9. The number of carbonyl (C=O) groups is 4. The van der Waals surface area contributed by atoms with Crippen LogP contribution in [0, 0.1) is 31.4 Å². The number of nitrogens with zero attached hydrogens (tertiary/aromatic N) is 2. The van der Waals surface area contributed by atoms with Crippen LogP contribution in [-0.4, -0.2) is 40.5 Å². The summed E-state index contributed by atoms with van der Waals surface area (Å²) in [6.45, 7) is 1.58. The maximum atomic E-state index is 13.9. The number of hydrogen-bond acceptors (Lipinski definition) is 8. The number of rotatable bonds is 4. The number of carbonyl (C=O) groups excluding carboxylic acids is 4. The van der Waals surface area contributed by atoms with Crippen molar-refractivity contribution in [3.63, 3.8) is 0 Å². The van der Waals surface area contributed by atoms with Gasteiger partial charge in [0.2, 0.25) is 11.8 Å². The molecule has 2 aromatic rings. The number of nitro benzene ring substituents is 1. The van der Waals surface area contributed by atoms with Crippen LogP contribution in [0.25, 0.3) is 0 Å². The van der Waals surface area contributed by atoms with Gasteiger partial charge < -0.3 is 9.84 Å². The van der Waals surface area contributed by atoms with Crippen LogP contribution in [-0.2, 0) is 19.2 Å². The number of allylic oxidation sites excluding steroid dienone is 6. The summed E-state index contributed by atoms with van der Waals surface area (Å²) < 4.78 is 5.87. The lowest BCUT2D eigenvalue weighted by atomic mass is 9.59. The van der Waals surface area contributed by atoms with Gasteiger partial charge >= 0.3 is 0 Å². The minimum Gasteiger partial charge on any atom is -0.504 e. The minimum atomic E-state index is -0.776. The number of ether oxygens (including phenoxy) is 1. The maximum Gasteiger partial charge on any atom is 0.269 e. The lowest BCUT2D eigenvalue weighted by Gasteiger charge is -2.42. The number of halogens is 1. The molecule has 1 saturated heterocycles. The Morgan fingerprint density at radius 1 is 1.07 bits per heavy atom. The molecule has 1 aliphatic heterocycles. The number of methoxy groups -OCH3 is 1. The highest BCUT2D eigenvalue weighted by Crippen LogP contribution is 2.56. The third-order valence-electron chi connectivity index (χ3n) is 8.48. The van der Waals surface area contributed by atoms with Crippen LogP contribution in [0.5, 0.6) is 11.5 Å². The lowest BCUT2D eigenvalue weighted by Crippen LogP contribution is -2.39. The quantitative estimate of drug-likeness (QED) is 0.125. The minimum absolute atomic E-state index is 0.0480. The molecule has 4 atom stereocenters. The molecule has 0 aromatic heterocycles. The molecule has 208 valence electrons. The molecule has 3 aliphatic carbocycles. The molecule has 0 saturated carbocycles. The van der Waals surface area contributed by atoms with E-state index in [-0.39, 0.29) is 47.3 Å². The van der Waals surface area contributed by atoms with Crippen LogP contribution in [0.4, 0.5) is 11.4 Å². The summed E-state index contributed by atoms with van der Waals surface area (Å²) in [4.78, 5) is 66.0. The topological polar surface area (TPSA) is 144 Å². The molecule has 4 unspecified atom stereocenters. The van der Waals surface area contributed by atoms with E-state index in [9.17, 15) is 34.4 Å². The number of fused-ring (bicyclic) bond motifs is 3. The standard InChI is InChI=1S/C30H23IN2O8/c1-13-9-22(34)26-20(27(13)35)12-19-17(24(26)14-10-21(31)28(36)23(11-14)41-2)7-8-18-25(19)30(38)32(29(18)37)15-3-5-16(6-4-15)33(39)40/h3-7,9-11,18-19,24-25,36H,8,12H2,1-2H3. The van der Waals surface area contributed by atoms with Crippen molar-refractivity contribution in [2.45, 2.75) is 25.7 Å². The number of non-ortho nitro benzene ring substituents is 1. The van der Waals surface area contributed by atoms with Crippen LogP contribution in [0.1, 0.15) is 31.2 Å². The zero-order valence-electron chi connectivity index (χ0n) is 21.9. The van der Waals surface area contributed by atoms with Gasteiger partial charge in [0.1, 0.15) is 0 Å². The van der Waals surface area contributed by atoms with Gasteiger partial charge in [0.15, 0.2) is 23.1 Å². The van der Waals surface area contributed by atoms with Crippen molar-refractivity contribution in [3.05, 3.63) is 90.1 Å². The van der Waals surface area contributed by atoms with Crippen molar-refractivity contribution in [1.29, 1.82) is 0 Å². The third-order valence-corrected chi connectivity index (χ3v) is 9.31. The number of benzene rings is 2. The maximum absolute atomic E-state index is 13.9. The van der Waals surface area contributed by atoms with Gasteiger partial charge in [-0.15, -0.1) is 0 Å². The molecule has 10 nitrogen and oxygen atoms in total. The van der Waals surface area contributed by atoms with E-state index in [1.165, 1.54) is 37.5 Å². The Morgan fingerprint density at radius 2 is 1.78 bits per heavy atom. The van der Waals surface area contributed by atoms with Gasteiger partial charge in [-0.2, -0.15) is 0 Å². The molecule has 6 rings (SSSR count). The monoisotopic (exact) mass is 666 g/mol. The van der Waals surface area contributed by atoms with Crippen molar-refractivity contribution in [2.24, 2.45) is 17.8 Å². The summed E-state index contributed by atoms with van der Waals surface area (Å²) in [5.41, 5.74) is 2.47. The molecule has 1 heterocycles. The van der Waals surface area contributed by atoms with E-state index < -0.39 is 40.4 Å². The number of ketones is 2. The van der Waals surface area contributed by atoms with Crippen LogP contribution in [0.3, 0.4) is 0 Å². The van der Waals surface area contributed by atoms with Gasteiger partial charge in [-0.25, -0.2) is 0 Å². The zero-order valence-corrected chi connectivity index (χ0v) is 24.1. The van der Waals surface area contributed by atoms with Crippen LogP contribution >= 0.6 is 22.6 Å². The first-order valence-corrected chi connectivity index (χ1v) is 14.0. The van der Waals surface area contributed by atoms with Gasteiger partial charge in [-0.3, -0.25) is 34.2 Å². The van der Waals surface area contributed by atoms with Gasteiger partial charge in [-0.1, -0.05) is 11.6 Å². The van der Waals surface area contributed by atoms with E-state index in [2.05, 4.69) is 0 Å². The number of Topliss-reactive ketones (excluding diaryl/α,β-unsaturated/α-hetero) is 1. The summed E-state index contributed by atoms with van der Waals surface area (Å²) in [5.74, 6) is -3.88. The normalized spacial score (nSPS) is 25.4. The summed E-state index contributed by atoms with van der Waals surface area (Å²) in [7, 11) is 1.42. The van der Waals surface area contributed by atoms with Crippen molar-refractivity contribution < 1.29 is 33.9 Å². The highest BCUT2D eigenvalue weighted by molar-refractivity contribution is 14.1. The average Bonchev–Trinajstić information content (AvgIpc) is 3.21. The number of nitro groups is 1. The third kappa shape index (κ3) is 4.04. The average molecular weight is 666 g/mol. The van der Waals surface area contributed by atoms with E-state index in [0.29, 0.717) is 25.9 Å². The molecule has 2 aromatic carbocycles. The van der Waals surface area contributed by atoms with Gasteiger partial charge in [0, 0.05) is 34.8 Å². The summed E-state index contributed by atoms with van der Waals surface area (Å²) in [6, 6.07) is 8.62. The Kier molecular flexibility index (Phi) is 6.44. The van der Waals surface area contributed by atoms with Gasteiger partial charge in [-0.05, 0) is 84.2 Å². The Balaban J connectivity index is 1.48. The smallest absolute Gasteiger partial charge is 0.269 e. The Bertz CT molecular complexity index is 1690. The van der Waals surface area contributed by atoms with Crippen molar-refractivity contribution in [3.8, 4) is 11.5 Å². The lowest BCUT2D eigenvalue weighted by molar-refractivity contribution is -0.384. The van der Waals surface area contributed by atoms with E-state index in [0.717, 1.165) is 10.5 Å². The van der Waals surface area contributed by atoms with Gasteiger partial charge in [0.05, 0.1) is 33.1 Å². The molecule has 4 aliphatic rings. The molecule has 11 heteroatoms. The molecule has 41 heavy (non-hydrogen) atoms. The van der Waals surface area contributed by atoms with E-state index in [4.69, 9.17) is 4.74 Å². The number of anilines is 1. The Morgan fingerprint density at radius 3 is 2.44 bits per heavy atom. The second-order valence-corrected chi connectivity index (χ2v) is 11.7. The molecule has 0 spiro atoms. The largest absolute Gasteiger partial charge is 0.504 e. The SMILES string of the molecule is COc1cc(C2C3=CCC4C(=O)N(c5ccc([N+](=O)[O-])cc5)C(=O)C4C3CC3=C2C(=O)C=C(C)C3=O)cc(I)c1O. The fraction of sp³-hybridized carbons (Fsp3) is 0.267. The molecule has 1 N–H and O–H groups in total. The number of imide groups is 1. The second-order valence-electron chi connectivity index (χ2n) is 10.6. The van der Waals surface area contributed by atoms with E-state index in [1.54, 1.807) is 19.1 Å². The summed E-state index contributed by atoms with van der Waals surface area (Å²) in [5, 5.41) is 21.6. The Labute approximate surface area is 247 Å². The zero-order chi connectivity index (χ0) is 29.3. The van der Waals surface area contributed by atoms with Crippen LogP contribution < -0.4 is 9.64 Å². The summed E-state index contributed by atoms with van der Waals surface area (Å²) in [6.07, 6.45) is 3.63. The van der Waals surface area contributed by atoms with E-state index >= 15 is 0 Å². The van der Waals surface area contributed by atoms with Crippen LogP contribution in [0.15, 0.2) is 70.8 Å². The first kappa shape index (κ1) is 27.1. The fourth-order valence-corrected chi connectivity index (χ4v) is 7.28. The second kappa shape index (κ2) is 9.75. The number of phenolic OH excluding ortho intramolecular Hbond substituents is 1. The number of hydrogen-bond donors (Lipinski definition) is 1. The van der Waals surface area contributed by atoms with Gasteiger partial charge in [0.25, 0.3) is 5.69 Å².